The molecule has 1 heterocycles. The van der Waals surface area contributed by atoms with Gasteiger partial charge in [0.25, 0.3) is 0 Å². The smallest absolute Gasteiger partial charge is 0.338 e. The molecule has 0 aromatic carbocycles. The van der Waals surface area contributed by atoms with Crippen LogP contribution in [0.5, 0.6) is 0 Å². The first-order valence-electron chi connectivity index (χ1n) is 5.75. The molecule has 5 heteroatoms. The number of carboxylic acid groups (broad SMARTS) is 1. The van der Waals surface area contributed by atoms with E-state index in [1.807, 2.05) is 0 Å². The molecule has 94 valence electrons. The van der Waals surface area contributed by atoms with E-state index in [1.54, 1.807) is 5.38 Å². The summed E-state index contributed by atoms with van der Waals surface area (Å²) in [7, 11) is 0. The number of aromatic carboxylic acids is 1. The number of carbonyl (C=O) groups excluding carboxylic acids is 1. The average molecular weight is 255 g/mol. The summed E-state index contributed by atoms with van der Waals surface area (Å²) in [5, 5.41) is 13.6. The van der Waals surface area contributed by atoms with Crippen LogP contribution < -0.4 is 5.32 Å². The van der Waals surface area contributed by atoms with Gasteiger partial charge in [0.1, 0.15) is 5.00 Å². The highest BCUT2D eigenvalue weighted by Gasteiger charge is 2.13. The monoisotopic (exact) mass is 255 g/mol. The van der Waals surface area contributed by atoms with Crippen LogP contribution in [0.1, 0.15) is 49.4 Å². The van der Waals surface area contributed by atoms with Gasteiger partial charge in [-0.05, 0) is 17.9 Å². The van der Waals surface area contributed by atoms with Crippen molar-refractivity contribution in [1.29, 1.82) is 0 Å². The Kier molecular flexibility index (Phi) is 5.69. The lowest BCUT2D eigenvalue weighted by Gasteiger charge is -2.03. The molecule has 0 saturated carbocycles. The van der Waals surface area contributed by atoms with Crippen LogP contribution >= 0.6 is 11.3 Å². The van der Waals surface area contributed by atoms with Crippen LogP contribution in [0.15, 0.2) is 11.4 Å². The Bertz CT molecular complexity index is 387. The second kappa shape index (κ2) is 7.06. The van der Waals surface area contributed by atoms with Crippen LogP contribution in [0, 0.1) is 0 Å². The largest absolute Gasteiger partial charge is 0.478 e. The minimum absolute atomic E-state index is 0.106. The van der Waals surface area contributed by atoms with Gasteiger partial charge >= 0.3 is 5.97 Å². The fraction of sp³-hybridized carbons (Fsp3) is 0.500. The maximum absolute atomic E-state index is 11.6. The lowest BCUT2D eigenvalue weighted by molar-refractivity contribution is -0.116. The van der Waals surface area contributed by atoms with Crippen LogP contribution in [0.2, 0.25) is 0 Å². The number of anilines is 1. The second-order valence-electron chi connectivity index (χ2n) is 3.83. The molecular formula is C12H17NO3S. The molecule has 0 bridgehead atoms. The Labute approximate surface area is 105 Å². The fourth-order valence-electron chi connectivity index (χ4n) is 1.48. The molecule has 0 aliphatic heterocycles. The van der Waals surface area contributed by atoms with E-state index in [-0.39, 0.29) is 11.5 Å². The number of carbonyl (C=O) groups is 2. The first-order chi connectivity index (χ1) is 8.15. The van der Waals surface area contributed by atoms with Gasteiger partial charge in [0.15, 0.2) is 0 Å². The van der Waals surface area contributed by atoms with Crippen molar-refractivity contribution >= 4 is 28.2 Å². The van der Waals surface area contributed by atoms with Crippen molar-refractivity contribution in [2.24, 2.45) is 0 Å². The van der Waals surface area contributed by atoms with Crippen molar-refractivity contribution in [2.75, 3.05) is 5.32 Å². The molecule has 2 N–H and O–H groups in total. The predicted octanol–water partition coefficient (Wildman–Crippen LogP) is 3.36. The lowest BCUT2D eigenvalue weighted by Crippen LogP contribution is -2.12. The summed E-state index contributed by atoms with van der Waals surface area (Å²) in [6.07, 6.45) is 4.62. The van der Waals surface area contributed by atoms with Gasteiger partial charge in [0.2, 0.25) is 5.91 Å². The Hall–Kier alpha value is -1.36. The van der Waals surface area contributed by atoms with E-state index in [0.717, 1.165) is 25.7 Å². The summed E-state index contributed by atoms with van der Waals surface area (Å²) >= 11 is 1.24. The van der Waals surface area contributed by atoms with Crippen LogP contribution in [-0.4, -0.2) is 17.0 Å². The fourth-order valence-corrected chi connectivity index (χ4v) is 2.27. The molecule has 17 heavy (non-hydrogen) atoms. The molecule has 0 aliphatic carbocycles. The van der Waals surface area contributed by atoms with E-state index in [1.165, 1.54) is 17.4 Å². The van der Waals surface area contributed by atoms with E-state index in [0.29, 0.717) is 11.4 Å². The summed E-state index contributed by atoms with van der Waals surface area (Å²) in [6.45, 7) is 2.12. The Morgan fingerprint density at radius 3 is 2.76 bits per heavy atom. The van der Waals surface area contributed by atoms with Crippen molar-refractivity contribution < 1.29 is 14.7 Å². The molecule has 0 saturated heterocycles. The number of carboxylic acids is 1. The number of hydrogen-bond donors (Lipinski definition) is 2. The SMILES string of the molecule is CCCCCCC(=O)Nc1sccc1C(=O)O. The summed E-state index contributed by atoms with van der Waals surface area (Å²) in [6, 6.07) is 1.50. The zero-order valence-electron chi connectivity index (χ0n) is 9.86. The topological polar surface area (TPSA) is 66.4 Å². The Morgan fingerprint density at radius 1 is 1.35 bits per heavy atom. The summed E-state index contributed by atoms with van der Waals surface area (Å²) in [4.78, 5) is 22.4. The predicted molar refractivity (Wildman–Crippen MR) is 68.7 cm³/mol. The number of amides is 1. The molecule has 1 rings (SSSR count). The van der Waals surface area contributed by atoms with Gasteiger partial charge in [-0.2, -0.15) is 0 Å². The molecule has 1 aromatic rings. The minimum atomic E-state index is -1.01. The average Bonchev–Trinajstić information content (AvgIpc) is 2.72. The van der Waals surface area contributed by atoms with E-state index in [2.05, 4.69) is 12.2 Å². The van der Waals surface area contributed by atoms with Crippen LogP contribution in [0.25, 0.3) is 0 Å². The van der Waals surface area contributed by atoms with Crippen LogP contribution in [0.4, 0.5) is 5.00 Å². The maximum Gasteiger partial charge on any atom is 0.338 e. The number of rotatable bonds is 7. The van der Waals surface area contributed by atoms with Gasteiger partial charge < -0.3 is 10.4 Å². The van der Waals surface area contributed by atoms with Crippen molar-refractivity contribution in [3.05, 3.63) is 17.0 Å². The van der Waals surface area contributed by atoms with Crippen LogP contribution in [-0.2, 0) is 4.79 Å². The van der Waals surface area contributed by atoms with Crippen molar-refractivity contribution in [3.63, 3.8) is 0 Å². The van der Waals surface area contributed by atoms with Gasteiger partial charge in [0, 0.05) is 6.42 Å². The van der Waals surface area contributed by atoms with Crippen molar-refractivity contribution in [2.45, 2.75) is 39.0 Å². The highest BCUT2D eigenvalue weighted by atomic mass is 32.1. The molecule has 0 unspecified atom stereocenters. The molecule has 4 nitrogen and oxygen atoms in total. The lowest BCUT2D eigenvalue weighted by atomic mass is 10.1. The minimum Gasteiger partial charge on any atom is -0.478 e. The first-order valence-corrected chi connectivity index (χ1v) is 6.63. The molecule has 0 atom stereocenters. The highest BCUT2D eigenvalue weighted by molar-refractivity contribution is 7.14. The standard InChI is InChI=1S/C12H17NO3S/c1-2-3-4-5-6-10(14)13-11-9(12(15)16)7-8-17-11/h7-8H,2-6H2,1H3,(H,13,14)(H,15,16). The van der Waals surface area contributed by atoms with E-state index < -0.39 is 5.97 Å². The third kappa shape index (κ3) is 4.56. The molecule has 1 aromatic heterocycles. The number of unbranched alkanes of at least 4 members (excludes halogenated alkanes) is 3. The van der Waals surface area contributed by atoms with Gasteiger partial charge in [-0.15, -0.1) is 11.3 Å². The van der Waals surface area contributed by atoms with Crippen LogP contribution in [0.3, 0.4) is 0 Å². The third-order valence-corrected chi connectivity index (χ3v) is 3.24. The normalized spacial score (nSPS) is 10.2. The Balaban J connectivity index is 2.40. The molecule has 0 spiro atoms. The van der Waals surface area contributed by atoms with Gasteiger partial charge in [-0.1, -0.05) is 26.2 Å². The summed E-state index contributed by atoms with van der Waals surface area (Å²) in [5.41, 5.74) is 0.164. The van der Waals surface area contributed by atoms with Crippen molar-refractivity contribution in [3.8, 4) is 0 Å². The van der Waals surface area contributed by atoms with Gasteiger partial charge in [-0.25, -0.2) is 4.79 Å². The molecule has 0 fully saturated rings. The van der Waals surface area contributed by atoms with E-state index in [9.17, 15) is 9.59 Å². The van der Waals surface area contributed by atoms with Gasteiger partial charge in [0.05, 0.1) is 5.56 Å². The third-order valence-electron chi connectivity index (χ3n) is 2.41. The molecule has 0 radical (unpaired) electrons. The second-order valence-corrected chi connectivity index (χ2v) is 4.74. The summed E-state index contributed by atoms with van der Waals surface area (Å²) < 4.78 is 0. The number of thiophene rings is 1. The number of nitrogens with one attached hydrogen (secondary N) is 1. The zero-order chi connectivity index (χ0) is 12.7. The van der Waals surface area contributed by atoms with E-state index >= 15 is 0 Å². The number of hydrogen-bond acceptors (Lipinski definition) is 3. The maximum atomic E-state index is 11.6. The quantitative estimate of drug-likeness (QED) is 0.734. The van der Waals surface area contributed by atoms with Crippen molar-refractivity contribution in [1.82, 2.24) is 0 Å². The Morgan fingerprint density at radius 2 is 2.12 bits per heavy atom. The zero-order valence-corrected chi connectivity index (χ0v) is 10.7. The van der Waals surface area contributed by atoms with Gasteiger partial charge in [-0.3, -0.25) is 4.79 Å². The molecule has 0 aliphatic rings. The highest BCUT2D eigenvalue weighted by Crippen LogP contribution is 2.23. The molecular weight excluding hydrogens is 238 g/mol. The first kappa shape index (κ1) is 13.7. The molecule has 1 amide bonds. The summed E-state index contributed by atoms with van der Waals surface area (Å²) in [5.74, 6) is -1.11. The van der Waals surface area contributed by atoms with E-state index in [4.69, 9.17) is 5.11 Å².